The monoisotopic (exact) mass is 246 g/mol. The topological polar surface area (TPSA) is 47.3 Å². The summed E-state index contributed by atoms with van der Waals surface area (Å²) in [5, 5.41) is 14.4. The van der Waals surface area contributed by atoms with Crippen LogP contribution in [0.4, 0.5) is 0 Å². The number of aliphatic hydroxyl groups excluding tert-OH is 1. The summed E-state index contributed by atoms with van der Waals surface area (Å²) in [6, 6.07) is 9.89. The normalized spacial score (nSPS) is 12.4. The molecule has 0 amide bonds. The van der Waals surface area contributed by atoms with E-state index in [0.717, 1.165) is 5.56 Å². The van der Waals surface area contributed by atoms with Gasteiger partial charge in [-0.3, -0.25) is 0 Å². The van der Waals surface area contributed by atoms with E-state index in [1.54, 1.807) is 24.9 Å². The lowest BCUT2D eigenvalue weighted by Crippen LogP contribution is -2.03. The third-order valence-electron chi connectivity index (χ3n) is 2.92. The Kier molecular flexibility index (Phi) is 3.67. The second-order valence-corrected chi connectivity index (χ2v) is 4.44. The van der Waals surface area contributed by atoms with Gasteiger partial charge in [0.1, 0.15) is 6.10 Å². The van der Waals surface area contributed by atoms with Gasteiger partial charge in [-0.2, -0.15) is 5.10 Å². The van der Waals surface area contributed by atoms with Crippen LogP contribution in [-0.2, 0) is 13.5 Å². The number of hydrogen-bond acceptors (Lipinski definition) is 3. The van der Waals surface area contributed by atoms with Gasteiger partial charge in [-0.15, -0.1) is 0 Å². The molecule has 0 saturated heterocycles. The molecular formula is C14H18N2O2. The van der Waals surface area contributed by atoms with Gasteiger partial charge in [0.25, 0.3) is 0 Å². The molecule has 1 N–H and O–H groups in total. The van der Waals surface area contributed by atoms with E-state index in [1.165, 1.54) is 5.56 Å². The maximum absolute atomic E-state index is 10.2. The molecule has 18 heavy (non-hydrogen) atoms. The number of methoxy groups -OCH3 is 1. The Morgan fingerprint density at radius 3 is 2.78 bits per heavy atom. The summed E-state index contributed by atoms with van der Waals surface area (Å²) in [4.78, 5) is 0. The standard InChI is InChI=1S/C14H18N2O2/c1-10-5-4-6-11(7-10)8-13(17)12-9-14(18-3)16(2)15-12/h4-7,9,13,17H,8H2,1-3H3. The summed E-state index contributed by atoms with van der Waals surface area (Å²) in [5.74, 6) is 0.647. The highest BCUT2D eigenvalue weighted by atomic mass is 16.5. The molecule has 0 spiro atoms. The van der Waals surface area contributed by atoms with Crippen molar-refractivity contribution in [2.75, 3.05) is 7.11 Å². The van der Waals surface area contributed by atoms with Crippen molar-refractivity contribution in [1.29, 1.82) is 0 Å². The zero-order chi connectivity index (χ0) is 13.1. The third-order valence-corrected chi connectivity index (χ3v) is 2.92. The van der Waals surface area contributed by atoms with Gasteiger partial charge in [-0.1, -0.05) is 29.8 Å². The predicted molar refractivity (Wildman–Crippen MR) is 69.6 cm³/mol. The van der Waals surface area contributed by atoms with Gasteiger partial charge >= 0.3 is 0 Å². The Morgan fingerprint density at radius 2 is 2.17 bits per heavy atom. The van der Waals surface area contributed by atoms with Crippen LogP contribution in [0.2, 0.25) is 0 Å². The van der Waals surface area contributed by atoms with Crippen LogP contribution < -0.4 is 4.74 Å². The lowest BCUT2D eigenvalue weighted by molar-refractivity contribution is 0.172. The van der Waals surface area contributed by atoms with Crippen molar-refractivity contribution >= 4 is 0 Å². The number of ether oxygens (including phenoxy) is 1. The van der Waals surface area contributed by atoms with E-state index in [9.17, 15) is 5.11 Å². The van der Waals surface area contributed by atoms with Crippen molar-refractivity contribution in [3.05, 3.63) is 47.2 Å². The van der Waals surface area contributed by atoms with Crippen LogP contribution in [0.1, 0.15) is 22.9 Å². The molecule has 1 unspecified atom stereocenters. The minimum atomic E-state index is -0.609. The Balaban J connectivity index is 2.13. The number of aliphatic hydroxyl groups is 1. The fourth-order valence-corrected chi connectivity index (χ4v) is 1.99. The van der Waals surface area contributed by atoms with Gasteiger partial charge < -0.3 is 9.84 Å². The maximum Gasteiger partial charge on any atom is 0.211 e. The first-order valence-electron chi connectivity index (χ1n) is 5.91. The van der Waals surface area contributed by atoms with Gasteiger partial charge in [0.05, 0.1) is 12.8 Å². The van der Waals surface area contributed by atoms with E-state index in [1.807, 2.05) is 25.1 Å². The average Bonchev–Trinajstić information content (AvgIpc) is 2.70. The number of benzene rings is 1. The summed E-state index contributed by atoms with van der Waals surface area (Å²) in [5.41, 5.74) is 2.93. The van der Waals surface area contributed by atoms with E-state index in [-0.39, 0.29) is 0 Å². The summed E-state index contributed by atoms with van der Waals surface area (Å²) in [6.07, 6.45) is -0.0520. The molecule has 1 aromatic heterocycles. The molecule has 1 heterocycles. The number of nitrogens with zero attached hydrogens (tertiary/aromatic N) is 2. The summed E-state index contributed by atoms with van der Waals surface area (Å²) in [6.45, 7) is 2.04. The lowest BCUT2D eigenvalue weighted by atomic mass is 10.0. The van der Waals surface area contributed by atoms with E-state index < -0.39 is 6.10 Å². The van der Waals surface area contributed by atoms with Crippen molar-refractivity contribution in [3.8, 4) is 5.88 Å². The quantitative estimate of drug-likeness (QED) is 0.897. The molecule has 0 saturated carbocycles. The molecule has 1 aromatic carbocycles. The maximum atomic E-state index is 10.2. The molecule has 2 aromatic rings. The van der Waals surface area contributed by atoms with E-state index >= 15 is 0 Å². The van der Waals surface area contributed by atoms with Crippen LogP contribution >= 0.6 is 0 Å². The largest absolute Gasteiger partial charge is 0.481 e. The molecule has 0 fully saturated rings. The Bertz CT molecular complexity index is 534. The van der Waals surface area contributed by atoms with E-state index in [2.05, 4.69) is 11.2 Å². The summed E-state index contributed by atoms with van der Waals surface area (Å²) in [7, 11) is 3.38. The molecule has 0 radical (unpaired) electrons. The van der Waals surface area contributed by atoms with Crippen LogP contribution in [0.25, 0.3) is 0 Å². The lowest BCUT2D eigenvalue weighted by Gasteiger charge is -2.08. The number of hydrogen-bond donors (Lipinski definition) is 1. The highest BCUT2D eigenvalue weighted by Crippen LogP contribution is 2.21. The summed E-state index contributed by atoms with van der Waals surface area (Å²) >= 11 is 0. The van der Waals surface area contributed by atoms with Gasteiger partial charge in [-0.05, 0) is 12.5 Å². The second-order valence-electron chi connectivity index (χ2n) is 4.44. The fraction of sp³-hybridized carbons (Fsp3) is 0.357. The van der Waals surface area contributed by atoms with Gasteiger partial charge in [-0.25, -0.2) is 4.68 Å². The molecule has 4 heteroatoms. The zero-order valence-electron chi connectivity index (χ0n) is 10.9. The van der Waals surface area contributed by atoms with Crippen LogP contribution in [0.3, 0.4) is 0 Å². The van der Waals surface area contributed by atoms with Gasteiger partial charge in [0, 0.05) is 19.5 Å². The van der Waals surface area contributed by atoms with E-state index in [4.69, 9.17) is 4.74 Å². The van der Waals surface area contributed by atoms with Gasteiger partial charge in [0.2, 0.25) is 5.88 Å². The molecule has 0 aliphatic heterocycles. The molecular weight excluding hydrogens is 228 g/mol. The van der Waals surface area contributed by atoms with Crippen LogP contribution in [0, 0.1) is 6.92 Å². The van der Waals surface area contributed by atoms with E-state index in [0.29, 0.717) is 18.0 Å². The summed E-state index contributed by atoms with van der Waals surface area (Å²) < 4.78 is 6.75. The number of rotatable bonds is 4. The Hall–Kier alpha value is -1.81. The van der Waals surface area contributed by atoms with Crippen molar-refractivity contribution in [3.63, 3.8) is 0 Å². The molecule has 1 atom stereocenters. The second kappa shape index (κ2) is 5.23. The molecule has 2 rings (SSSR count). The van der Waals surface area contributed by atoms with Crippen molar-refractivity contribution < 1.29 is 9.84 Å². The third kappa shape index (κ3) is 2.71. The minimum Gasteiger partial charge on any atom is -0.481 e. The van der Waals surface area contributed by atoms with Crippen molar-refractivity contribution in [2.24, 2.45) is 7.05 Å². The zero-order valence-corrected chi connectivity index (χ0v) is 10.9. The van der Waals surface area contributed by atoms with Crippen molar-refractivity contribution in [2.45, 2.75) is 19.4 Å². The van der Waals surface area contributed by atoms with Gasteiger partial charge in [0.15, 0.2) is 0 Å². The van der Waals surface area contributed by atoms with Crippen molar-refractivity contribution in [1.82, 2.24) is 9.78 Å². The highest BCUT2D eigenvalue weighted by molar-refractivity contribution is 5.25. The SMILES string of the molecule is COc1cc(C(O)Cc2cccc(C)c2)nn1C. The van der Waals surface area contributed by atoms with Crippen LogP contribution in [0.15, 0.2) is 30.3 Å². The Labute approximate surface area is 107 Å². The number of aryl methyl sites for hydroxylation is 2. The molecule has 96 valence electrons. The minimum absolute atomic E-state index is 0.557. The molecule has 0 aliphatic carbocycles. The predicted octanol–water partition coefficient (Wildman–Crippen LogP) is 2.01. The average molecular weight is 246 g/mol. The first-order valence-corrected chi connectivity index (χ1v) is 5.91. The molecule has 0 bridgehead atoms. The fourth-order valence-electron chi connectivity index (χ4n) is 1.99. The molecule has 4 nitrogen and oxygen atoms in total. The smallest absolute Gasteiger partial charge is 0.211 e. The van der Waals surface area contributed by atoms with Crippen LogP contribution in [-0.4, -0.2) is 22.0 Å². The van der Waals surface area contributed by atoms with Crippen LogP contribution in [0.5, 0.6) is 5.88 Å². The molecule has 0 aliphatic rings. The number of aromatic nitrogens is 2. The first-order chi connectivity index (χ1) is 8.60. The highest BCUT2D eigenvalue weighted by Gasteiger charge is 2.14. The first kappa shape index (κ1) is 12.6. The Morgan fingerprint density at radius 1 is 1.39 bits per heavy atom.